The second-order valence-electron chi connectivity index (χ2n) is 21.6. The van der Waals surface area contributed by atoms with E-state index in [1.165, 1.54) is 17.6 Å². The van der Waals surface area contributed by atoms with Crippen LogP contribution in [0, 0.1) is 0 Å². The molecule has 0 bridgehead atoms. The lowest BCUT2D eigenvalue weighted by Gasteiger charge is -2.32. The Morgan fingerprint density at radius 3 is 1.92 bits per heavy atom. The average molecular weight is 1030 g/mol. The smallest absolute Gasteiger partial charge is 0.459 e. The number of rotatable bonds is 7. The summed E-state index contributed by atoms with van der Waals surface area (Å²) in [6.07, 6.45) is 11.5. The number of carbonyl (C=O) groups excluding carboxylic acids is 4. The molecule has 21 nitrogen and oxygen atoms in total. The van der Waals surface area contributed by atoms with Crippen molar-refractivity contribution in [1.82, 2.24) is 48.8 Å². The number of fused-ring (bicyclic) bond motifs is 4. The van der Waals surface area contributed by atoms with E-state index in [1.54, 1.807) is 33.4 Å². The minimum absolute atomic E-state index is 0.0889. The van der Waals surface area contributed by atoms with Gasteiger partial charge in [-0.25, -0.2) is 28.7 Å². The highest BCUT2D eigenvalue weighted by atomic mass is 35.5. The Hall–Kier alpha value is -6.59. The zero-order valence-corrected chi connectivity index (χ0v) is 44.1. The van der Waals surface area contributed by atoms with E-state index in [9.17, 15) is 19.2 Å². The largest absolute Gasteiger partial charge is 0.490 e. The van der Waals surface area contributed by atoms with E-state index in [2.05, 4.69) is 30.4 Å². The van der Waals surface area contributed by atoms with E-state index in [1.807, 2.05) is 103 Å². The number of hydrogen-bond acceptors (Lipinski definition) is 16. The number of esters is 1. The maximum absolute atomic E-state index is 13.4. The Labute approximate surface area is 433 Å². The molecule has 0 saturated carbocycles. The van der Waals surface area contributed by atoms with E-state index in [0.29, 0.717) is 97.9 Å². The number of pyridine rings is 2. The molecule has 1 unspecified atom stereocenters. The topological polar surface area (TPSA) is 223 Å². The maximum atomic E-state index is 13.4. The Balaban J connectivity index is 0.000000145. The molecule has 23 heteroatoms. The molecule has 6 aromatic heterocycles. The molecule has 74 heavy (non-hydrogen) atoms. The molecule has 9 heterocycles. The van der Waals surface area contributed by atoms with Crippen LogP contribution in [0.5, 0.6) is 0 Å². The lowest BCUT2D eigenvalue weighted by Crippen LogP contribution is -2.41. The Morgan fingerprint density at radius 1 is 0.743 bits per heavy atom. The van der Waals surface area contributed by atoms with Crippen LogP contribution in [-0.4, -0.2) is 115 Å². The number of hydrogen-bond donors (Lipinski definition) is 0. The lowest BCUT2D eigenvalue weighted by atomic mass is 9.78. The summed E-state index contributed by atoms with van der Waals surface area (Å²) < 4.78 is 41.0. The molecule has 3 aliphatic heterocycles. The quantitative estimate of drug-likeness (QED) is 0.110. The highest BCUT2D eigenvalue weighted by Gasteiger charge is 2.52. The number of ether oxygens (including phenoxy) is 4. The van der Waals surface area contributed by atoms with Crippen LogP contribution in [0.2, 0.25) is 5.02 Å². The van der Waals surface area contributed by atoms with E-state index < -0.39 is 29.2 Å². The molecule has 11 rings (SSSR count). The van der Waals surface area contributed by atoms with Gasteiger partial charge in [0.25, 0.3) is 0 Å². The van der Waals surface area contributed by atoms with Crippen molar-refractivity contribution in [3.05, 3.63) is 100 Å². The van der Waals surface area contributed by atoms with E-state index in [-0.39, 0.29) is 29.9 Å². The van der Waals surface area contributed by atoms with Crippen LogP contribution in [0.15, 0.2) is 66.9 Å². The highest BCUT2D eigenvalue weighted by Crippen LogP contribution is 2.41. The molecule has 390 valence electrons. The van der Waals surface area contributed by atoms with Crippen molar-refractivity contribution in [3.8, 4) is 0 Å². The number of aromatic nitrogens is 10. The fourth-order valence-corrected chi connectivity index (χ4v) is 9.05. The molecule has 0 aromatic carbocycles. The minimum Gasteiger partial charge on any atom is -0.459 e. The first kappa shape index (κ1) is 52.3. The van der Waals surface area contributed by atoms with Crippen molar-refractivity contribution in [1.29, 1.82) is 0 Å². The Kier molecular flexibility index (Phi) is 14.3. The van der Waals surface area contributed by atoms with Gasteiger partial charge in [-0.1, -0.05) is 11.6 Å². The zero-order chi connectivity index (χ0) is 52.9. The standard InChI is InChI=1S/C22H24N6O4.C18H20ClN5O3.C11H17BO3/c1-22(2,3)32-21(30)28(19-10-16-12-31-7-6-26(16)25-19)18-9-15(14-4-5-17(29)8-14)11-27-20(18)23-13-24-27;1-18(2,3)27-17(25)15(14-7-12-9-26-5-4-23(12)22-14)13-6-11(19)8-24-16(13)20-10-21-24;1-10(2)11(3,4)15-12(14-10)8-5-6-9(13)7-8/h8-11,13H,4-7,12H2,1-3H3;6-8,10,15H,4-5,9H2,1-3H3;7H,5-6H2,1-4H3. The summed E-state index contributed by atoms with van der Waals surface area (Å²) in [5.41, 5.74) is 5.17. The third-order valence-corrected chi connectivity index (χ3v) is 13.3. The third-order valence-electron chi connectivity index (χ3n) is 13.1. The van der Waals surface area contributed by atoms with Crippen LogP contribution in [0.1, 0.15) is 129 Å². The lowest BCUT2D eigenvalue weighted by molar-refractivity contribution is -0.155. The van der Waals surface area contributed by atoms with Crippen LogP contribution >= 0.6 is 11.6 Å². The van der Waals surface area contributed by atoms with Crippen molar-refractivity contribution >= 4 is 70.7 Å². The minimum atomic E-state index is -0.771. The molecular formula is C51H61BClN11O10. The number of carbonyl (C=O) groups is 4. The first-order valence-electron chi connectivity index (χ1n) is 24.6. The predicted molar refractivity (Wildman–Crippen MR) is 271 cm³/mol. The van der Waals surface area contributed by atoms with Crippen LogP contribution in [0.3, 0.4) is 0 Å². The van der Waals surface area contributed by atoms with Gasteiger partial charge in [-0.15, -0.1) is 0 Å². The van der Waals surface area contributed by atoms with Crippen LogP contribution in [-0.2, 0) is 68.9 Å². The number of allylic oxidation sites excluding steroid dienone is 4. The Morgan fingerprint density at radius 2 is 1.34 bits per heavy atom. The first-order chi connectivity index (χ1) is 34.9. The van der Waals surface area contributed by atoms with Gasteiger partial charge in [-0.2, -0.15) is 20.4 Å². The molecule has 2 aliphatic carbocycles. The average Bonchev–Trinajstić information content (AvgIpc) is 4.18. The molecule has 0 N–H and O–H groups in total. The molecule has 1 fully saturated rings. The summed E-state index contributed by atoms with van der Waals surface area (Å²) in [6, 6.07) is 7.25. The summed E-state index contributed by atoms with van der Waals surface area (Å²) in [4.78, 5) is 59.6. The summed E-state index contributed by atoms with van der Waals surface area (Å²) in [5.74, 6) is -0.497. The van der Waals surface area contributed by atoms with Gasteiger partial charge in [0.2, 0.25) is 0 Å². The third kappa shape index (κ3) is 11.4. The first-order valence-corrected chi connectivity index (χ1v) is 25.0. The van der Waals surface area contributed by atoms with Gasteiger partial charge in [0.1, 0.15) is 29.8 Å². The van der Waals surface area contributed by atoms with Crippen molar-refractivity contribution < 1.29 is 47.4 Å². The van der Waals surface area contributed by atoms with E-state index >= 15 is 0 Å². The predicted octanol–water partition coefficient (Wildman–Crippen LogP) is 7.77. The summed E-state index contributed by atoms with van der Waals surface area (Å²) in [6.45, 7) is 22.3. The summed E-state index contributed by atoms with van der Waals surface area (Å²) in [7, 11) is -0.332. The number of ketones is 2. The fourth-order valence-electron chi connectivity index (χ4n) is 8.84. The number of anilines is 2. The maximum Gasteiger partial charge on any atom is 0.490 e. The van der Waals surface area contributed by atoms with Gasteiger partial charge in [0, 0.05) is 36.9 Å². The molecule has 5 aliphatic rings. The summed E-state index contributed by atoms with van der Waals surface area (Å²) in [5, 5.41) is 18.1. The van der Waals surface area contributed by atoms with Gasteiger partial charge in [0.05, 0.1) is 78.5 Å². The van der Waals surface area contributed by atoms with Crippen molar-refractivity contribution in [2.45, 2.75) is 150 Å². The molecule has 1 saturated heterocycles. The second-order valence-corrected chi connectivity index (χ2v) is 22.0. The fraction of sp³-hybridized carbons (Fsp3) is 0.490. The van der Waals surface area contributed by atoms with Crippen molar-refractivity contribution in [2.75, 3.05) is 18.1 Å². The molecule has 1 amide bonds. The van der Waals surface area contributed by atoms with E-state index in [4.69, 9.17) is 39.9 Å². The molecular weight excluding hydrogens is 973 g/mol. The number of amides is 1. The number of halogens is 1. The van der Waals surface area contributed by atoms with Crippen LogP contribution in [0.4, 0.5) is 16.3 Å². The van der Waals surface area contributed by atoms with Crippen LogP contribution in [0.25, 0.3) is 16.9 Å². The van der Waals surface area contributed by atoms with Gasteiger partial charge >= 0.3 is 19.2 Å². The monoisotopic (exact) mass is 1030 g/mol. The van der Waals surface area contributed by atoms with Crippen LogP contribution < -0.4 is 4.90 Å². The van der Waals surface area contributed by atoms with E-state index in [0.717, 1.165) is 34.4 Å². The second kappa shape index (κ2) is 20.3. The molecule has 1 atom stereocenters. The van der Waals surface area contributed by atoms with Gasteiger partial charge in [0.15, 0.2) is 28.7 Å². The van der Waals surface area contributed by atoms with Gasteiger partial charge < -0.3 is 28.3 Å². The van der Waals surface area contributed by atoms with Gasteiger partial charge in [-0.05, 0) is 129 Å². The zero-order valence-electron chi connectivity index (χ0n) is 43.4. The summed E-state index contributed by atoms with van der Waals surface area (Å²) >= 11 is 6.26. The number of nitrogens with zero attached hydrogens (tertiary/aromatic N) is 11. The van der Waals surface area contributed by atoms with Gasteiger partial charge in [-0.3, -0.25) is 23.7 Å². The molecule has 0 radical (unpaired) electrons. The molecule has 6 aromatic rings. The van der Waals surface area contributed by atoms with Crippen molar-refractivity contribution in [3.63, 3.8) is 0 Å². The SMILES string of the molecule is CC(C)(C)OC(=O)C(c1cc2n(n1)CCOC2)c1cc(Cl)cn2ncnc12.CC(C)(C)OC(=O)N(c1cc2n(n1)CCOC2)c1cc(C2=CC(=O)CC2)cn2ncnc12.CC1(C)OB(C2=CC(=O)CC2)OC1(C)C. The van der Waals surface area contributed by atoms with Crippen molar-refractivity contribution in [2.24, 2.45) is 0 Å². The Bertz CT molecular complexity index is 3150. The highest BCUT2D eigenvalue weighted by molar-refractivity contribution is 6.55. The molecule has 0 spiro atoms. The normalized spacial score (nSPS) is 18.4.